The molecule has 0 fully saturated rings. The highest BCUT2D eigenvalue weighted by Crippen LogP contribution is 2.03. The van der Waals surface area contributed by atoms with Gasteiger partial charge < -0.3 is 25.8 Å². The quantitative estimate of drug-likeness (QED) is 0.354. The number of hydrogen-bond donors (Lipinski definition) is 3. The van der Waals surface area contributed by atoms with E-state index in [9.17, 15) is 9.59 Å². The molecule has 28 heavy (non-hydrogen) atoms. The number of rotatable bonds is 14. The van der Waals surface area contributed by atoms with Crippen molar-refractivity contribution in [2.75, 3.05) is 39.4 Å². The molecule has 0 aliphatic rings. The number of hydrogen-bond acceptors (Lipinski definition) is 6. The Kier molecular flexibility index (Phi) is 23.5. The molecule has 0 aromatic carbocycles. The van der Waals surface area contributed by atoms with Gasteiger partial charge in [-0.2, -0.15) is 0 Å². The van der Waals surface area contributed by atoms with Gasteiger partial charge in [0.15, 0.2) is 0 Å². The lowest BCUT2D eigenvalue weighted by molar-refractivity contribution is 0.0863. The van der Waals surface area contributed by atoms with Crippen molar-refractivity contribution in [1.82, 2.24) is 15.5 Å². The number of nitrogens with zero attached hydrogens (tertiary/aromatic N) is 1. The van der Waals surface area contributed by atoms with Crippen molar-refractivity contribution in [3.8, 4) is 0 Å². The molecule has 170 valence electrons. The molecule has 0 saturated heterocycles. The highest BCUT2D eigenvalue weighted by Gasteiger charge is 2.18. The van der Waals surface area contributed by atoms with E-state index >= 15 is 0 Å². The fourth-order valence-electron chi connectivity index (χ4n) is 2.20. The van der Waals surface area contributed by atoms with Crippen LogP contribution in [0, 0.1) is 0 Å². The highest BCUT2D eigenvalue weighted by molar-refractivity contribution is 5.85. The van der Waals surface area contributed by atoms with Crippen LogP contribution in [0.4, 0.5) is 9.59 Å². The van der Waals surface area contributed by atoms with Crippen LogP contribution >= 0.6 is 24.8 Å². The number of ether oxygens (including phenoxy) is 2. The summed E-state index contributed by atoms with van der Waals surface area (Å²) in [6, 6.07) is 0.0280. The highest BCUT2D eigenvalue weighted by atomic mass is 35.5. The van der Waals surface area contributed by atoms with Crippen molar-refractivity contribution < 1.29 is 19.1 Å². The predicted octanol–water partition coefficient (Wildman–Crippen LogP) is 2.92. The molecule has 2 amide bonds. The van der Waals surface area contributed by atoms with E-state index < -0.39 is 12.2 Å². The molecule has 0 aliphatic carbocycles. The Morgan fingerprint density at radius 1 is 0.893 bits per heavy atom. The van der Waals surface area contributed by atoms with Crippen LogP contribution in [0.15, 0.2) is 0 Å². The second-order valence-electron chi connectivity index (χ2n) is 6.47. The number of nitrogens with two attached hydrogens (primary N) is 1. The first-order chi connectivity index (χ1) is 12.4. The Morgan fingerprint density at radius 3 is 1.61 bits per heavy atom. The zero-order chi connectivity index (χ0) is 19.8. The van der Waals surface area contributed by atoms with Gasteiger partial charge in [0, 0.05) is 38.3 Å². The summed E-state index contributed by atoms with van der Waals surface area (Å²) in [6.45, 7) is 10.9. The zero-order valence-electron chi connectivity index (χ0n) is 17.7. The molecule has 0 saturated carbocycles. The lowest BCUT2D eigenvalue weighted by atomic mass is 10.1. The van der Waals surface area contributed by atoms with Gasteiger partial charge in [0.1, 0.15) is 13.2 Å². The summed E-state index contributed by atoms with van der Waals surface area (Å²) in [6.07, 6.45) is 3.09. The van der Waals surface area contributed by atoms with Crippen LogP contribution in [-0.4, -0.2) is 68.6 Å². The van der Waals surface area contributed by atoms with Crippen molar-refractivity contribution in [1.29, 1.82) is 0 Å². The van der Waals surface area contributed by atoms with Gasteiger partial charge in [0.05, 0.1) is 0 Å². The van der Waals surface area contributed by atoms with Crippen LogP contribution in [0.5, 0.6) is 0 Å². The Hall–Kier alpha value is -0.960. The van der Waals surface area contributed by atoms with Crippen LogP contribution in [0.25, 0.3) is 0 Å². The first-order valence-electron chi connectivity index (χ1n) is 9.73. The van der Waals surface area contributed by atoms with Gasteiger partial charge in [-0.1, -0.05) is 26.7 Å². The van der Waals surface area contributed by atoms with Crippen LogP contribution < -0.4 is 16.4 Å². The summed E-state index contributed by atoms with van der Waals surface area (Å²) in [5.41, 5.74) is 5.98. The topological polar surface area (TPSA) is 106 Å². The number of unbranched alkanes of at least 4 members (excludes halogenated alkanes) is 2. The maximum absolute atomic E-state index is 11.6. The van der Waals surface area contributed by atoms with Gasteiger partial charge in [0.25, 0.3) is 0 Å². The van der Waals surface area contributed by atoms with Crippen LogP contribution in [0.3, 0.4) is 0 Å². The standard InChI is InChI=1S/C18H38N4O4.2ClH/c1-5-7-9-20-17(23)25-13-11-22(16(4)15(3)19)12-14-26-18(24)21-10-8-6-2;;/h15-16H,5-14,19H2,1-4H3,(H,20,23)(H,21,24);2*1H. The molecule has 0 aliphatic heterocycles. The third-order valence-electron chi connectivity index (χ3n) is 4.16. The summed E-state index contributed by atoms with van der Waals surface area (Å²) in [5.74, 6) is 0. The molecule has 2 atom stereocenters. The molecule has 0 rings (SSSR count). The van der Waals surface area contributed by atoms with E-state index in [2.05, 4.69) is 29.4 Å². The number of carbonyl (C=O) groups excluding carboxylic acids is 2. The minimum absolute atomic E-state index is 0. The number of halogens is 2. The lowest BCUT2D eigenvalue weighted by Crippen LogP contribution is -2.47. The Morgan fingerprint density at radius 2 is 1.29 bits per heavy atom. The lowest BCUT2D eigenvalue weighted by Gasteiger charge is -2.31. The van der Waals surface area contributed by atoms with Gasteiger partial charge in [-0.3, -0.25) is 4.90 Å². The van der Waals surface area contributed by atoms with E-state index in [1.54, 1.807) is 0 Å². The van der Waals surface area contributed by atoms with Crippen molar-refractivity contribution in [2.24, 2.45) is 5.73 Å². The maximum Gasteiger partial charge on any atom is 0.407 e. The van der Waals surface area contributed by atoms with Gasteiger partial charge in [-0.25, -0.2) is 9.59 Å². The SMILES string of the molecule is CCCCNC(=O)OCCN(CCOC(=O)NCCCC)C(C)C(C)N.Cl.Cl. The maximum atomic E-state index is 11.6. The molecule has 0 radical (unpaired) electrons. The minimum Gasteiger partial charge on any atom is -0.448 e. The monoisotopic (exact) mass is 446 g/mol. The molecule has 8 nitrogen and oxygen atoms in total. The predicted molar refractivity (Wildman–Crippen MR) is 118 cm³/mol. The van der Waals surface area contributed by atoms with Gasteiger partial charge >= 0.3 is 12.2 Å². The second-order valence-corrected chi connectivity index (χ2v) is 6.47. The first kappa shape index (κ1) is 31.7. The normalized spacial score (nSPS) is 12.2. The van der Waals surface area contributed by atoms with Crippen molar-refractivity contribution in [3.63, 3.8) is 0 Å². The third-order valence-corrected chi connectivity index (χ3v) is 4.16. The average molecular weight is 447 g/mol. The van der Waals surface area contributed by atoms with Gasteiger partial charge in [0.2, 0.25) is 0 Å². The van der Waals surface area contributed by atoms with E-state index in [0.29, 0.717) is 26.2 Å². The molecule has 0 aromatic rings. The molecule has 4 N–H and O–H groups in total. The third kappa shape index (κ3) is 17.2. The largest absolute Gasteiger partial charge is 0.448 e. The molecule has 2 unspecified atom stereocenters. The second kappa shape index (κ2) is 20.8. The fraction of sp³-hybridized carbons (Fsp3) is 0.889. The van der Waals surface area contributed by atoms with Crippen molar-refractivity contribution in [3.05, 3.63) is 0 Å². The molecule has 0 bridgehead atoms. The van der Waals surface area contributed by atoms with Crippen LogP contribution in [0.1, 0.15) is 53.4 Å². The molecule has 0 heterocycles. The molecular weight excluding hydrogens is 407 g/mol. The Bertz CT molecular complexity index is 363. The summed E-state index contributed by atoms with van der Waals surface area (Å²) < 4.78 is 10.4. The number of nitrogens with one attached hydrogen (secondary N) is 2. The Labute approximate surface area is 182 Å². The summed E-state index contributed by atoms with van der Waals surface area (Å²) in [7, 11) is 0. The Balaban J connectivity index is -0.00000312. The van der Waals surface area contributed by atoms with E-state index in [1.165, 1.54) is 0 Å². The number of amides is 2. The first-order valence-corrected chi connectivity index (χ1v) is 9.73. The van der Waals surface area contributed by atoms with E-state index in [0.717, 1.165) is 25.7 Å². The van der Waals surface area contributed by atoms with Crippen molar-refractivity contribution in [2.45, 2.75) is 65.5 Å². The molecule has 10 heteroatoms. The van der Waals surface area contributed by atoms with E-state index in [1.807, 2.05) is 13.8 Å². The minimum atomic E-state index is -0.404. The van der Waals surface area contributed by atoms with E-state index in [4.69, 9.17) is 15.2 Å². The van der Waals surface area contributed by atoms with Crippen LogP contribution in [0.2, 0.25) is 0 Å². The smallest absolute Gasteiger partial charge is 0.407 e. The van der Waals surface area contributed by atoms with Crippen molar-refractivity contribution >= 4 is 37.0 Å². The number of alkyl carbamates (subject to hydrolysis) is 2. The van der Waals surface area contributed by atoms with Gasteiger partial charge in [-0.15, -0.1) is 24.8 Å². The van der Waals surface area contributed by atoms with E-state index in [-0.39, 0.29) is 50.1 Å². The molecule has 0 aromatic heterocycles. The summed E-state index contributed by atoms with van der Waals surface area (Å²) >= 11 is 0. The zero-order valence-corrected chi connectivity index (χ0v) is 19.3. The fourth-order valence-corrected chi connectivity index (χ4v) is 2.20. The molecular formula is C18H40Cl2N4O4. The van der Waals surface area contributed by atoms with Gasteiger partial charge in [-0.05, 0) is 26.7 Å². The summed E-state index contributed by atoms with van der Waals surface area (Å²) in [4.78, 5) is 25.2. The summed E-state index contributed by atoms with van der Waals surface area (Å²) in [5, 5.41) is 5.42. The molecule has 0 spiro atoms. The average Bonchev–Trinajstić information content (AvgIpc) is 2.60. The number of carbonyl (C=O) groups is 2. The van der Waals surface area contributed by atoms with Crippen LogP contribution in [-0.2, 0) is 9.47 Å².